The number of ether oxygens (including phenoxy) is 2. The molecule has 12 nitrogen and oxygen atoms in total. The molecule has 4 aromatic heterocycles. The van der Waals surface area contributed by atoms with E-state index in [-0.39, 0.29) is 24.6 Å². The van der Waals surface area contributed by atoms with Crippen molar-refractivity contribution in [1.82, 2.24) is 24.4 Å². The molecule has 0 unspecified atom stereocenters. The van der Waals surface area contributed by atoms with Crippen molar-refractivity contribution >= 4 is 56.4 Å². The number of aromatic amines is 1. The van der Waals surface area contributed by atoms with Crippen LogP contribution in [0, 0.1) is 11.7 Å². The van der Waals surface area contributed by atoms with Gasteiger partial charge in [0.1, 0.15) is 29.3 Å². The van der Waals surface area contributed by atoms with Crippen molar-refractivity contribution < 1.29 is 23.5 Å². The quantitative estimate of drug-likeness (QED) is 0.240. The van der Waals surface area contributed by atoms with Gasteiger partial charge in [0, 0.05) is 73.9 Å². The lowest BCUT2D eigenvalue weighted by atomic mass is 10.00. The second kappa shape index (κ2) is 12.1. The Morgan fingerprint density at radius 2 is 1.92 bits per heavy atom. The van der Waals surface area contributed by atoms with E-state index in [2.05, 4.69) is 26.8 Å². The maximum Gasteiger partial charge on any atom is 0.414 e. The van der Waals surface area contributed by atoms with Crippen molar-refractivity contribution in [2.75, 3.05) is 50.1 Å². The molecule has 0 aliphatic carbocycles. The number of hydrogen-bond acceptors (Lipinski definition) is 9. The number of carbonyl (C=O) groups is 2. The molecule has 2 aliphatic rings. The van der Waals surface area contributed by atoms with Gasteiger partial charge in [-0.1, -0.05) is 0 Å². The Balaban J connectivity index is 1.45. The number of fused-ring (bicyclic) bond motifs is 5. The van der Waals surface area contributed by atoms with Gasteiger partial charge in [-0.2, -0.15) is 0 Å². The van der Waals surface area contributed by atoms with E-state index < -0.39 is 23.5 Å². The summed E-state index contributed by atoms with van der Waals surface area (Å²) < 4.78 is 27.9. The van der Waals surface area contributed by atoms with Crippen LogP contribution in [0.3, 0.4) is 0 Å². The summed E-state index contributed by atoms with van der Waals surface area (Å²) in [4.78, 5) is 57.5. The lowest BCUT2D eigenvalue weighted by molar-refractivity contribution is -0.143. The van der Waals surface area contributed by atoms with Crippen LogP contribution < -0.4 is 15.2 Å². The third-order valence-corrected chi connectivity index (χ3v) is 9.42. The maximum atomic E-state index is 15.5. The van der Waals surface area contributed by atoms with Crippen molar-refractivity contribution in [2.45, 2.75) is 52.3 Å². The van der Waals surface area contributed by atoms with Gasteiger partial charge in [0.15, 0.2) is 5.43 Å². The molecule has 2 aliphatic heterocycles. The fourth-order valence-electron chi connectivity index (χ4n) is 7.35. The molecule has 0 saturated carbocycles. The summed E-state index contributed by atoms with van der Waals surface area (Å²) >= 11 is 0. The Labute approximate surface area is 282 Å². The normalized spacial score (nSPS) is 18.1. The third kappa shape index (κ3) is 5.85. The number of likely N-dealkylation sites (N-methyl/N-ethyl adjacent to an activating group) is 1. The van der Waals surface area contributed by atoms with E-state index in [1.54, 1.807) is 64.0 Å². The summed E-state index contributed by atoms with van der Waals surface area (Å²) in [6.07, 6.45) is 5.37. The molecule has 13 heteroatoms. The predicted molar refractivity (Wildman–Crippen MR) is 187 cm³/mol. The minimum absolute atomic E-state index is 0.0823. The SMILES string of the molecule is CCOC(=O)Cn1ccc(=O)c2cc(-c3cnc4[nH]c5c(N(C)C(=O)OC(C)(C)C)cc(F)cc5c4c3N3CC[C@@H]4CN(C)C[C@@H]43)cnc21. The molecule has 5 aromatic rings. The number of nitrogens with zero attached hydrogens (tertiary/aromatic N) is 6. The molecule has 0 radical (unpaired) electrons. The van der Waals surface area contributed by atoms with Crippen LogP contribution in [0.4, 0.5) is 20.6 Å². The molecule has 1 amide bonds. The third-order valence-electron chi connectivity index (χ3n) is 9.42. The van der Waals surface area contributed by atoms with Crippen molar-refractivity contribution in [3.63, 3.8) is 0 Å². The summed E-state index contributed by atoms with van der Waals surface area (Å²) in [5.74, 6) is -0.477. The number of amides is 1. The average Bonchev–Trinajstić information content (AvgIpc) is 3.72. The molecule has 0 spiro atoms. The number of nitrogens with one attached hydrogen (secondary N) is 1. The Bertz CT molecular complexity index is 2190. The maximum absolute atomic E-state index is 15.5. The van der Waals surface area contributed by atoms with Gasteiger partial charge in [-0.15, -0.1) is 0 Å². The molecule has 2 saturated heterocycles. The number of rotatable bonds is 6. The number of benzene rings is 1. The first-order valence-corrected chi connectivity index (χ1v) is 16.5. The smallest absolute Gasteiger partial charge is 0.414 e. The first-order chi connectivity index (χ1) is 23.3. The number of likely N-dealkylation sites (tertiary alicyclic amines) is 1. The van der Waals surface area contributed by atoms with Crippen molar-refractivity contribution in [1.29, 1.82) is 0 Å². The first-order valence-electron chi connectivity index (χ1n) is 16.5. The number of halogens is 1. The second-order valence-corrected chi connectivity index (χ2v) is 14.0. The summed E-state index contributed by atoms with van der Waals surface area (Å²) in [5.41, 5.74) is 3.07. The number of pyridine rings is 3. The lowest BCUT2D eigenvalue weighted by Gasteiger charge is -2.29. The van der Waals surface area contributed by atoms with Gasteiger partial charge >= 0.3 is 12.1 Å². The van der Waals surface area contributed by atoms with E-state index >= 15 is 4.39 Å². The fraction of sp³-hybridized carbons (Fsp3) is 0.417. The van der Waals surface area contributed by atoms with Gasteiger partial charge in [0.2, 0.25) is 0 Å². The van der Waals surface area contributed by atoms with Crippen LogP contribution in [0.5, 0.6) is 0 Å². The molecule has 2 atom stereocenters. The molecule has 49 heavy (non-hydrogen) atoms. The molecule has 1 aromatic carbocycles. The zero-order chi connectivity index (χ0) is 34.8. The van der Waals surface area contributed by atoms with Gasteiger partial charge in [-0.25, -0.2) is 19.2 Å². The highest BCUT2D eigenvalue weighted by Gasteiger charge is 2.42. The molecule has 6 heterocycles. The topological polar surface area (TPSA) is 126 Å². The Morgan fingerprint density at radius 3 is 2.67 bits per heavy atom. The van der Waals surface area contributed by atoms with Crippen LogP contribution in [0.15, 0.2) is 47.7 Å². The zero-order valence-electron chi connectivity index (χ0n) is 28.5. The van der Waals surface area contributed by atoms with Crippen LogP contribution in [-0.4, -0.2) is 88.5 Å². The monoisotopic (exact) mass is 669 g/mol. The van der Waals surface area contributed by atoms with E-state index in [1.165, 1.54) is 23.1 Å². The van der Waals surface area contributed by atoms with E-state index in [0.29, 0.717) is 50.1 Å². The number of carbonyl (C=O) groups excluding carboxylic acids is 2. The van der Waals surface area contributed by atoms with Crippen LogP contribution in [-0.2, 0) is 20.8 Å². The number of aromatic nitrogens is 4. The van der Waals surface area contributed by atoms with Gasteiger partial charge in [0.25, 0.3) is 0 Å². The van der Waals surface area contributed by atoms with Crippen molar-refractivity contribution in [3.8, 4) is 11.1 Å². The van der Waals surface area contributed by atoms with E-state index in [0.717, 1.165) is 37.3 Å². The minimum Gasteiger partial charge on any atom is -0.465 e. The van der Waals surface area contributed by atoms with E-state index in [4.69, 9.17) is 14.5 Å². The molecule has 2 fully saturated rings. The zero-order valence-corrected chi connectivity index (χ0v) is 28.5. The molecule has 7 rings (SSSR count). The van der Waals surface area contributed by atoms with E-state index in [9.17, 15) is 14.4 Å². The molecular formula is C36H40FN7O5. The Hall–Kier alpha value is -5.04. The van der Waals surface area contributed by atoms with Gasteiger partial charge in [-0.05, 0) is 65.3 Å². The van der Waals surface area contributed by atoms with Crippen molar-refractivity contribution in [3.05, 3.63) is 58.9 Å². The highest BCUT2D eigenvalue weighted by atomic mass is 19.1. The number of esters is 1. The van der Waals surface area contributed by atoms with Gasteiger partial charge in [-0.3, -0.25) is 14.5 Å². The Morgan fingerprint density at radius 1 is 1.12 bits per heavy atom. The average molecular weight is 670 g/mol. The number of hydrogen-bond donors (Lipinski definition) is 1. The Kier molecular flexibility index (Phi) is 8.05. The number of anilines is 2. The summed E-state index contributed by atoms with van der Waals surface area (Å²) in [6.45, 7) is 9.88. The summed E-state index contributed by atoms with van der Waals surface area (Å²) in [5, 5.41) is 1.64. The predicted octanol–water partition coefficient (Wildman–Crippen LogP) is 5.31. The fourth-order valence-corrected chi connectivity index (χ4v) is 7.35. The minimum atomic E-state index is -0.738. The van der Waals surface area contributed by atoms with Crippen LogP contribution in [0.1, 0.15) is 34.1 Å². The largest absolute Gasteiger partial charge is 0.465 e. The lowest BCUT2D eigenvalue weighted by Crippen LogP contribution is -2.35. The van der Waals surface area contributed by atoms with Gasteiger partial charge < -0.3 is 28.8 Å². The summed E-state index contributed by atoms with van der Waals surface area (Å²) in [6, 6.07) is 6.20. The highest BCUT2D eigenvalue weighted by molar-refractivity contribution is 6.19. The molecular weight excluding hydrogens is 629 g/mol. The summed E-state index contributed by atoms with van der Waals surface area (Å²) in [7, 11) is 3.68. The van der Waals surface area contributed by atoms with E-state index in [1.807, 2.05) is 0 Å². The van der Waals surface area contributed by atoms with Gasteiger partial charge in [0.05, 0.1) is 34.3 Å². The van der Waals surface area contributed by atoms with Crippen molar-refractivity contribution in [2.24, 2.45) is 5.92 Å². The molecule has 1 N–H and O–H groups in total. The molecule has 0 bridgehead atoms. The van der Waals surface area contributed by atoms with Crippen LogP contribution in [0.25, 0.3) is 44.1 Å². The standard InChI is InChI=1S/C36H40FN7O5/c1-7-48-29(46)19-43-10-9-28(45)23-12-21(15-39-34(23)43)25-16-38-33-30(32(25)44-11-8-20-17-41(5)18-27(20)44)24-13-22(37)14-26(31(24)40-33)42(6)35(47)49-36(2,3)4/h9-10,12-16,20,27H,7-8,11,17-19H2,1-6H3,(H,38,40)/t20-,27+/m1/s1. The highest BCUT2D eigenvalue weighted by Crippen LogP contribution is 2.46. The van der Waals surface area contributed by atoms with Crippen LogP contribution >= 0.6 is 0 Å². The second-order valence-electron chi connectivity index (χ2n) is 14.0. The van der Waals surface area contributed by atoms with Crippen LogP contribution in [0.2, 0.25) is 0 Å². The molecule has 256 valence electrons. The first kappa shape index (κ1) is 32.5. The number of H-pyrrole nitrogens is 1.